The molecule has 2 aromatic carbocycles. The van der Waals surface area contributed by atoms with Crippen LogP contribution in [0.15, 0.2) is 40.8 Å². The SMILES string of the molecule is CN(C)CCNc1c2cc(OCCN3CCCCCC3)ccc2nc2c1oc1ccc(F)cc12. The number of hydrogen-bond donors (Lipinski definition) is 1. The van der Waals surface area contributed by atoms with Gasteiger partial charge >= 0.3 is 0 Å². The van der Waals surface area contributed by atoms with Gasteiger partial charge in [-0.05, 0) is 76.4 Å². The number of fused-ring (bicyclic) bond motifs is 4. The van der Waals surface area contributed by atoms with Crippen LogP contribution in [0, 0.1) is 5.82 Å². The Kier molecular flexibility index (Phi) is 6.83. The average molecular weight is 465 g/mol. The van der Waals surface area contributed by atoms with Crippen molar-refractivity contribution in [1.29, 1.82) is 0 Å². The van der Waals surface area contributed by atoms with Crippen molar-refractivity contribution in [3.63, 3.8) is 0 Å². The Bertz CT molecular complexity index is 1280. The van der Waals surface area contributed by atoms with E-state index in [2.05, 4.69) is 15.1 Å². The Morgan fingerprint density at radius 1 is 1.06 bits per heavy atom. The predicted molar refractivity (Wildman–Crippen MR) is 136 cm³/mol. The zero-order valence-electron chi connectivity index (χ0n) is 20.1. The number of furan rings is 1. The largest absolute Gasteiger partial charge is 0.492 e. The molecule has 180 valence electrons. The Hall–Kier alpha value is -2.90. The number of ether oxygens (including phenoxy) is 1. The maximum atomic E-state index is 14.0. The van der Waals surface area contributed by atoms with Gasteiger partial charge in [-0.3, -0.25) is 4.90 Å². The molecule has 1 saturated heterocycles. The lowest BCUT2D eigenvalue weighted by Gasteiger charge is -2.20. The first kappa shape index (κ1) is 22.9. The lowest BCUT2D eigenvalue weighted by atomic mass is 10.1. The zero-order chi connectivity index (χ0) is 23.5. The number of benzene rings is 2. The van der Waals surface area contributed by atoms with Crippen molar-refractivity contribution in [2.24, 2.45) is 0 Å². The molecule has 7 heteroatoms. The smallest absolute Gasteiger partial charge is 0.177 e. The highest BCUT2D eigenvalue weighted by molar-refractivity contribution is 6.14. The Morgan fingerprint density at radius 2 is 1.88 bits per heavy atom. The van der Waals surface area contributed by atoms with E-state index in [4.69, 9.17) is 14.1 Å². The number of nitrogens with zero attached hydrogens (tertiary/aromatic N) is 3. The molecule has 1 aliphatic heterocycles. The van der Waals surface area contributed by atoms with E-state index in [1.807, 2.05) is 32.3 Å². The molecule has 1 fully saturated rings. The van der Waals surface area contributed by atoms with Crippen molar-refractivity contribution in [3.05, 3.63) is 42.2 Å². The molecule has 5 rings (SSSR count). The number of aromatic nitrogens is 1. The molecule has 0 spiro atoms. The molecule has 4 aromatic rings. The van der Waals surface area contributed by atoms with E-state index >= 15 is 0 Å². The van der Waals surface area contributed by atoms with Gasteiger partial charge in [-0.25, -0.2) is 9.37 Å². The quantitative estimate of drug-likeness (QED) is 0.372. The lowest BCUT2D eigenvalue weighted by molar-refractivity contribution is 0.214. The van der Waals surface area contributed by atoms with Crippen LogP contribution in [0.3, 0.4) is 0 Å². The number of likely N-dealkylation sites (tertiary alicyclic amines) is 1. The second-order valence-electron chi connectivity index (χ2n) is 9.42. The van der Waals surface area contributed by atoms with Gasteiger partial charge in [0.05, 0.1) is 11.2 Å². The molecular weight excluding hydrogens is 431 g/mol. The normalized spacial score (nSPS) is 15.4. The predicted octanol–water partition coefficient (Wildman–Crippen LogP) is 5.50. The molecule has 6 nitrogen and oxygen atoms in total. The van der Waals surface area contributed by atoms with Crippen LogP contribution in [0.1, 0.15) is 25.7 Å². The highest BCUT2D eigenvalue weighted by Crippen LogP contribution is 2.38. The maximum Gasteiger partial charge on any atom is 0.177 e. The maximum absolute atomic E-state index is 14.0. The summed E-state index contributed by atoms with van der Waals surface area (Å²) in [5.74, 6) is 0.522. The van der Waals surface area contributed by atoms with Crippen LogP contribution in [-0.2, 0) is 0 Å². The summed E-state index contributed by atoms with van der Waals surface area (Å²) in [6.45, 7) is 5.54. The minimum Gasteiger partial charge on any atom is -0.492 e. The second-order valence-corrected chi connectivity index (χ2v) is 9.42. The van der Waals surface area contributed by atoms with Gasteiger partial charge in [0, 0.05) is 30.4 Å². The molecule has 0 radical (unpaired) electrons. The topological polar surface area (TPSA) is 53.8 Å². The van der Waals surface area contributed by atoms with Crippen molar-refractivity contribution in [3.8, 4) is 5.75 Å². The molecule has 3 heterocycles. The summed E-state index contributed by atoms with van der Waals surface area (Å²) in [4.78, 5) is 9.47. The van der Waals surface area contributed by atoms with E-state index in [1.54, 1.807) is 6.07 Å². The summed E-state index contributed by atoms with van der Waals surface area (Å²) >= 11 is 0. The van der Waals surface area contributed by atoms with Gasteiger partial charge in [-0.15, -0.1) is 0 Å². The van der Waals surface area contributed by atoms with Crippen LogP contribution < -0.4 is 10.1 Å². The van der Waals surface area contributed by atoms with Crippen LogP contribution in [0.25, 0.3) is 33.0 Å². The molecule has 0 bridgehead atoms. The molecule has 0 amide bonds. The van der Waals surface area contributed by atoms with Crippen molar-refractivity contribution >= 4 is 38.7 Å². The zero-order valence-corrected chi connectivity index (χ0v) is 20.1. The summed E-state index contributed by atoms with van der Waals surface area (Å²) in [6.07, 6.45) is 5.23. The highest BCUT2D eigenvalue weighted by atomic mass is 19.1. The second kappa shape index (κ2) is 10.2. The molecule has 2 aromatic heterocycles. The van der Waals surface area contributed by atoms with E-state index in [0.717, 1.165) is 55.1 Å². The van der Waals surface area contributed by atoms with Crippen LogP contribution in [0.5, 0.6) is 5.75 Å². The number of rotatable bonds is 8. The lowest BCUT2D eigenvalue weighted by Crippen LogP contribution is -2.29. The van der Waals surface area contributed by atoms with E-state index in [-0.39, 0.29) is 5.82 Å². The third-order valence-corrected chi connectivity index (χ3v) is 6.56. The third kappa shape index (κ3) is 4.95. The molecule has 0 aliphatic carbocycles. The number of pyridine rings is 1. The first-order valence-corrected chi connectivity index (χ1v) is 12.3. The first-order valence-electron chi connectivity index (χ1n) is 12.3. The summed E-state index contributed by atoms with van der Waals surface area (Å²) in [5, 5.41) is 5.17. The van der Waals surface area contributed by atoms with Crippen molar-refractivity contribution in [2.45, 2.75) is 25.7 Å². The minimum atomic E-state index is -0.299. The number of likely N-dealkylation sites (N-methyl/N-ethyl adjacent to an activating group) is 1. The number of anilines is 1. The van der Waals surface area contributed by atoms with Crippen LogP contribution in [-0.4, -0.2) is 68.2 Å². The van der Waals surface area contributed by atoms with E-state index in [0.29, 0.717) is 28.7 Å². The van der Waals surface area contributed by atoms with Crippen molar-refractivity contribution < 1.29 is 13.5 Å². The van der Waals surface area contributed by atoms with Gasteiger partial charge in [0.15, 0.2) is 5.58 Å². The van der Waals surface area contributed by atoms with Crippen molar-refractivity contribution in [2.75, 3.05) is 58.7 Å². The van der Waals surface area contributed by atoms with Gasteiger partial charge in [0.2, 0.25) is 0 Å². The molecular formula is C27H33FN4O2. The molecule has 34 heavy (non-hydrogen) atoms. The van der Waals surface area contributed by atoms with Crippen LogP contribution in [0.4, 0.5) is 10.1 Å². The van der Waals surface area contributed by atoms with Gasteiger partial charge in [-0.1, -0.05) is 12.8 Å². The molecule has 1 N–H and O–H groups in total. The standard InChI is InChI=1S/C27H33FN4O2/c1-31(2)14-11-29-25-21-18-20(33-16-15-32-12-5-3-4-6-13-32)8-9-23(21)30-26-22-17-19(28)7-10-24(22)34-27(25)26/h7-10,17-18H,3-6,11-16H2,1-2H3,(H,29,30). The molecule has 0 unspecified atom stereocenters. The fraction of sp³-hybridized carbons (Fsp3) is 0.444. The van der Waals surface area contributed by atoms with E-state index in [9.17, 15) is 4.39 Å². The minimum absolute atomic E-state index is 0.299. The fourth-order valence-corrected chi connectivity index (χ4v) is 4.72. The van der Waals surface area contributed by atoms with Gasteiger partial charge in [0.1, 0.15) is 29.3 Å². The number of hydrogen-bond acceptors (Lipinski definition) is 6. The summed E-state index contributed by atoms with van der Waals surface area (Å²) < 4.78 is 26.3. The van der Waals surface area contributed by atoms with Gasteiger partial charge < -0.3 is 19.4 Å². The third-order valence-electron chi connectivity index (χ3n) is 6.56. The monoisotopic (exact) mass is 464 g/mol. The number of halogens is 1. The van der Waals surface area contributed by atoms with Gasteiger partial charge in [0.25, 0.3) is 0 Å². The fourth-order valence-electron chi connectivity index (χ4n) is 4.72. The summed E-state index contributed by atoms with van der Waals surface area (Å²) in [7, 11) is 4.09. The molecule has 1 aliphatic rings. The number of nitrogens with one attached hydrogen (secondary N) is 1. The summed E-state index contributed by atoms with van der Waals surface area (Å²) in [6, 6.07) is 10.6. The van der Waals surface area contributed by atoms with E-state index < -0.39 is 0 Å². The average Bonchev–Trinajstić information content (AvgIpc) is 2.98. The van der Waals surface area contributed by atoms with Crippen molar-refractivity contribution in [1.82, 2.24) is 14.8 Å². The Balaban J connectivity index is 1.47. The first-order chi connectivity index (χ1) is 16.6. The van der Waals surface area contributed by atoms with Gasteiger partial charge in [-0.2, -0.15) is 0 Å². The summed E-state index contributed by atoms with van der Waals surface area (Å²) in [5.41, 5.74) is 3.64. The van der Waals surface area contributed by atoms with Crippen LogP contribution >= 0.6 is 0 Å². The highest BCUT2D eigenvalue weighted by Gasteiger charge is 2.18. The van der Waals surface area contributed by atoms with Crippen LogP contribution in [0.2, 0.25) is 0 Å². The Labute approximate surface area is 199 Å². The molecule has 0 atom stereocenters. The molecule has 0 saturated carbocycles. The Morgan fingerprint density at radius 3 is 2.68 bits per heavy atom. The van der Waals surface area contributed by atoms with E-state index in [1.165, 1.54) is 37.8 Å².